The van der Waals surface area contributed by atoms with Crippen molar-refractivity contribution in [2.45, 2.75) is 5.41 Å². The lowest BCUT2D eigenvalue weighted by Gasteiger charge is -2.35. The first-order valence-corrected chi connectivity index (χ1v) is 17.5. The van der Waals surface area contributed by atoms with Gasteiger partial charge in [-0.2, -0.15) is 0 Å². The molecule has 242 valence electrons. The lowest BCUT2D eigenvalue weighted by atomic mass is 9.67. The molecule has 0 saturated heterocycles. The molecule has 8 aromatic carbocycles. The quantitative estimate of drug-likeness (QED) is 0.176. The average molecular weight is 653 g/mol. The molecule has 0 radical (unpaired) electrons. The molecular formula is C49H36N2. The van der Waals surface area contributed by atoms with Crippen LogP contribution in [0, 0.1) is 0 Å². The highest BCUT2D eigenvalue weighted by Gasteiger charge is 2.46. The van der Waals surface area contributed by atoms with Crippen molar-refractivity contribution in [1.82, 2.24) is 0 Å². The molecular weight excluding hydrogens is 617 g/mol. The fraction of sp³-hybridized carbons (Fsp3) is 0.0204. The Labute approximate surface area is 299 Å². The number of anilines is 5. The van der Waals surface area contributed by atoms with Gasteiger partial charge in [-0.1, -0.05) is 152 Å². The molecule has 0 aliphatic heterocycles. The SMILES string of the molecule is c1ccc(Nc2ccc(-c3ccc(N(c4ccccc4)c4ccc5c(c4)C(c4ccccc4)(c4ccccc4)c4ccccc4-5)cc3)cc2)cc1. The Hall–Kier alpha value is -6.64. The molecule has 0 spiro atoms. The molecule has 0 bridgehead atoms. The summed E-state index contributed by atoms with van der Waals surface area (Å²) < 4.78 is 0. The monoisotopic (exact) mass is 652 g/mol. The van der Waals surface area contributed by atoms with E-state index >= 15 is 0 Å². The molecule has 0 amide bonds. The number of benzene rings is 8. The number of fused-ring (bicyclic) bond motifs is 3. The Kier molecular flexibility index (Phi) is 7.75. The summed E-state index contributed by atoms with van der Waals surface area (Å²) in [5, 5.41) is 3.49. The molecule has 0 unspecified atom stereocenters. The normalized spacial score (nSPS) is 12.5. The zero-order valence-electron chi connectivity index (χ0n) is 28.2. The topological polar surface area (TPSA) is 15.3 Å². The van der Waals surface area contributed by atoms with E-state index in [4.69, 9.17) is 0 Å². The number of nitrogens with one attached hydrogen (secondary N) is 1. The second-order valence-corrected chi connectivity index (χ2v) is 13.0. The van der Waals surface area contributed by atoms with Gasteiger partial charge in [0.2, 0.25) is 0 Å². The van der Waals surface area contributed by atoms with E-state index in [2.05, 4.69) is 204 Å². The standard InChI is InChI=1S/C49H36N2/c1-5-15-38(16-6-1)49(39-17-7-2-8-18-39)47-24-14-13-23-45(47)46-34-33-44(35-48(46)49)51(42-21-11-4-12-22-42)43-31-27-37(28-32-43)36-25-29-41(30-26-36)50-40-19-9-3-10-20-40/h1-35,50H. The third-order valence-electron chi connectivity index (χ3n) is 10.1. The van der Waals surface area contributed by atoms with Crippen LogP contribution in [0.15, 0.2) is 212 Å². The lowest BCUT2D eigenvalue weighted by molar-refractivity contribution is 0.768. The van der Waals surface area contributed by atoms with Crippen LogP contribution in [0.1, 0.15) is 22.3 Å². The molecule has 0 heterocycles. The number of rotatable bonds is 8. The van der Waals surface area contributed by atoms with Gasteiger partial charge in [0.05, 0.1) is 5.41 Å². The number of hydrogen-bond donors (Lipinski definition) is 1. The molecule has 51 heavy (non-hydrogen) atoms. The number of hydrogen-bond acceptors (Lipinski definition) is 2. The Bertz CT molecular complexity index is 2360. The van der Waals surface area contributed by atoms with Gasteiger partial charge in [-0.3, -0.25) is 0 Å². The van der Waals surface area contributed by atoms with E-state index in [9.17, 15) is 0 Å². The minimum absolute atomic E-state index is 0.460. The number of para-hydroxylation sites is 2. The van der Waals surface area contributed by atoms with Gasteiger partial charge in [-0.05, 0) is 105 Å². The first kappa shape index (κ1) is 30.4. The maximum Gasteiger partial charge on any atom is 0.0714 e. The molecule has 9 rings (SSSR count). The van der Waals surface area contributed by atoms with E-state index in [1.54, 1.807) is 0 Å². The van der Waals surface area contributed by atoms with Crippen molar-refractivity contribution >= 4 is 28.4 Å². The highest BCUT2D eigenvalue weighted by molar-refractivity contribution is 5.89. The van der Waals surface area contributed by atoms with Crippen LogP contribution in [0.5, 0.6) is 0 Å². The van der Waals surface area contributed by atoms with Crippen LogP contribution in [-0.2, 0) is 5.41 Å². The first-order chi connectivity index (χ1) is 25.3. The third kappa shape index (κ3) is 5.39. The van der Waals surface area contributed by atoms with Crippen molar-refractivity contribution in [1.29, 1.82) is 0 Å². The summed E-state index contributed by atoms with van der Waals surface area (Å²) in [4.78, 5) is 2.38. The van der Waals surface area contributed by atoms with Gasteiger partial charge in [-0.15, -0.1) is 0 Å². The zero-order valence-corrected chi connectivity index (χ0v) is 28.2. The Balaban J connectivity index is 1.15. The molecule has 1 aliphatic carbocycles. The molecule has 0 aromatic heterocycles. The van der Waals surface area contributed by atoms with E-state index in [1.807, 2.05) is 18.2 Å². The van der Waals surface area contributed by atoms with Gasteiger partial charge < -0.3 is 10.2 Å². The average Bonchev–Trinajstić information content (AvgIpc) is 3.50. The molecule has 0 fully saturated rings. The molecule has 1 N–H and O–H groups in total. The largest absolute Gasteiger partial charge is 0.356 e. The predicted molar refractivity (Wildman–Crippen MR) is 214 cm³/mol. The maximum atomic E-state index is 3.49. The summed E-state index contributed by atoms with van der Waals surface area (Å²) in [6.07, 6.45) is 0. The van der Waals surface area contributed by atoms with Crippen molar-refractivity contribution in [2.24, 2.45) is 0 Å². The summed E-state index contributed by atoms with van der Waals surface area (Å²) in [6, 6.07) is 76.5. The third-order valence-corrected chi connectivity index (χ3v) is 10.1. The van der Waals surface area contributed by atoms with E-state index < -0.39 is 5.41 Å². The maximum absolute atomic E-state index is 3.49. The van der Waals surface area contributed by atoms with Crippen LogP contribution in [0.25, 0.3) is 22.3 Å². The Morgan fingerprint density at radius 2 is 0.784 bits per heavy atom. The van der Waals surface area contributed by atoms with Gasteiger partial charge in [0, 0.05) is 28.4 Å². The fourth-order valence-electron chi connectivity index (χ4n) is 7.83. The van der Waals surface area contributed by atoms with Gasteiger partial charge in [-0.25, -0.2) is 0 Å². The molecule has 2 nitrogen and oxygen atoms in total. The van der Waals surface area contributed by atoms with Crippen molar-refractivity contribution in [3.63, 3.8) is 0 Å². The Morgan fingerprint density at radius 3 is 1.41 bits per heavy atom. The van der Waals surface area contributed by atoms with Gasteiger partial charge >= 0.3 is 0 Å². The van der Waals surface area contributed by atoms with E-state index in [1.165, 1.54) is 44.5 Å². The van der Waals surface area contributed by atoms with E-state index in [0.717, 1.165) is 28.4 Å². The highest BCUT2D eigenvalue weighted by Crippen LogP contribution is 2.57. The van der Waals surface area contributed by atoms with Crippen molar-refractivity contribution in [3.05, 3.63) is 235 Å². The summed E-state index contributed by atoms with van der Waals surface area (Å²) in [7, 11) is 0. The number of nitrogens with zero attached hydrogens (tertiary/aromatic N) is 1. The second-order valence-electron chi connectivity index (χ2n) is 13.0. The molecule has 1 aliphatic rings. The van der Waals surface area contributed by atoms with Crippen molar-refractivity contribution < 1.29 is 0 Å². The molecule has 2 heteroatoms. The van der Waals surface area contributed by atoms with Gasteiger partial charge in [0.1, 0.15) is 0 Å². The van der Waals surface area contributed by atoms with Gasteiger partial charge in [0.15, 0.2) is 0 Å². The zero-order chi connectivity index (χ0) is 34.0. The van der Waals surface area contributed by atoms with Crippen LogP contribution in [0.2, 0.25) is 0 Å². The van der Waals surface area contributed by atoms with Crippen LogP contribution >= 0.6 is 0 Å². The summed E-state index contributed by atoms with van der Waals surface area (Å²) in [6.45, 7) is 0. The van der Waals surface area contributed by atoms with Gasteiger partial charge in [0.25, 0.3) is 0 Å². The van der Waals surface area contributed by atoms with Crippen LogP contribution in [0.3, 0.4) is 0 Å². The van der Waals surface area contributed by atoms with E-state index in [0.29, 0.717) is 0 Å². The van der Waals surface area contributed by atoms with Crippen molar-refractivity contribution in [2.75, 3.05) is 10.2 Å². The minimum Gasteiger partial charge on any atom is -0.356 e. The Morgan fingerprint density at radius 1 is 0.333 bits per heavy atom. The summed E-state index contributed by atoms with van der Waals surface area (Å²) in [5.41, 5.74) is 15.1. The molecule has 0 saturated carbocycles. The lowest BCUT2D eigenvalue weighted by Crippen LogP contribution is -2.28. The first-order valence-electron chi connectivity index (χ1n) is 17.5. The van der Waals surface area contributed by atoms with Crippen molar-refractivity contribution in [3.8, 4) is 22.3 Å². The second kappa shape index (κ2) is 13.0. The van der Waals surface area contributed by atoms with Crippen LogP contribution in [-0.4, -0.2) is 0 Å². The smallest absolute Gasteiger partial charge is 0.0714 e. The summed E-state index contributed by atoms with van der Waals surface area (Å²) >= 11 is 0. The highest BCUT2D eigenvalue weighted by atomic mass is 15.1. The molecule has 8 aromatic rings. The summed E-state index contributed by atoms with van der Waals surface area (Å²) in [5.74, 6) is 0. The van der Waals surface area contributed by atoms with Crippen LogP contribution in [0.4, 0.5) is 28.4 Å². The predicted octanol–water partition coefficient (Wildman–Crippen LogP) is 12.9. The van der Waals surface area contributed by atoms with E-state index in [-0.39, 0.29) is 0 Å². The molecule has 0 atom stereocenters. The fourth-order valence-corrected chi connectivity index (χ4v) is 7.83. The minimum atomic E-state index is -0.460. The van der Waals surface area contributed by atoms with Crippen LogP contribution < -0.4 is 10.2 Å².